The molecule has 0 aliphatic carbocycles. The van der Waals surface area contributed by atoms with Gasteiger partial charge in [0.25, 0.3) is 0 Å². The molecular weight excluding hydrogens is 555 g/mol. The topological polar surface area (TPSA) is 51.2 Å². The van der Waals surface area contributed by atoms with E-state index in [2.05, 4.69) is 117 Å². The molecule has 0 fully saturated rings. The van der Waals surface area contributed by atoms with Gasteiger partial charge in [0.2, 0.25) is 0 Å². The van der Waals surface area contributed by atoms with Gasteiger partial charge in [0.05, 0.1) is 5.02 Å². The van der Waals surface area contributed by atoms with Gasteiger partial charge in [0.15, 0.2) is 5.82 Å². The van der Waals surface area contributed by atoms with E-state index in [0.29, 0.717) is 16.2 Å². The Hall–Kier alpha value is -2.72. The molecule has 0 spiro atoms. The Kier molecular flexibility index (Phi) is 10.5. The number of hydrogen-bond acceptors (Lipinski definition) is 3. The predicted molar refractivity (Wildman–Crippen MR) is 157 cm³/mol. The van der Waals surface area contributed by atoms with Crippen LogP contribution >= 0.6 is 35.5 Å². The summed E-state index contributed by atoms with van der Waals surface area (Å²) in [7, 11) is -0.446. The van der Waals surface area contributed by atoms with Crippen molar-refractivity contribution in [3.8, 4) is 0 Å². The molecule has 4 rings (SSSR count). The standard InChI is InChI=1S/C18H15P.C11H14BrClN2O2/c1-4-10-16(11-5-1)19(17-12-6-2-7-13-17)18-14-8-3-9-15-18;1-11(2,3)17-10(16)15-9-8(13)4-7(5-12)6-14-9/h1-15H;4,6H,5H2,1-3H3,(H,14,15,16). The highest BCUT2D eigenvalue weighted by Gasteiger charge is 2.18. The average molecular weight is 584 g/mol. The molecule has 0 aliphatic heterocycles. The fraction of sp³-hybridized carbons (Fsp3) is 0.172. The molecule has 36 heavy (non-hydrogen) atoms. The van der Waals surface area contributed by atoms with Gasteiger partial charge in [-0.15, -0.1) is 0 Å². The summed E-state index contributed by atoms with van der Waals surface area (Å²) in [5.41, 5.74) is 0.386. The second-order valence-corrected chi connectivity index (χ2v) is 12.0. The Labute approximate surface area is 228 Å². The SMILES string of the molecule is CC(C)(C)OC(=O)Nc1ncc(CBr)cc1Cl.c1ccc(P(c2ccccc2)c2ccccc2)cc1. The molecule has 1 N–H and O–H groups in total. The maximum absolute atomic E-state index is 11.5. The van der Waals surface area contributed by atoms with E-state index in [0.717, 1.165) is 5.56 Å². The van der Waals surface area contributed by atoms with Crippen molar-refractivity contribution in [2.75, 3.05) is 5.32 Å². The van der Waals surface area contributed by atoms with Crippen LogP contribution < -0.4 is 21.2 Å². The summed E-state index contributed by atoms with van der Waals surface area (Å²) in [4.78, 5) is 15.5. The first-order valence-corrected chi connectivity index (χ1v) is 14.3. The van der Waals surface area contributed by atoms with Gasteiger partial charge in [-0.25, -0.2) is 9.78 Å². The lowest BCUT2D eigenvalue weighted by Crippen LogP contribution is -2.27. The molecule has 0 atom stereocenters. The van der Waals surface area contributed by atoms with Crippen molar-refractivity contribution in [3.05, 3.63) is 114 Å². The third-order valence-corrected chi connectivity index (χ3v) is 8.09. The molecular formula is C29H29BrClN2O2P. The quantitative estimate of drug-likeness (QED) is 0.196. The van der Waals surface area contributed by atoms with Crippen LogP contribution in [0.2, 0.25) is 5.02 Å². The number of nitrogens with zero attached hydrogens (tertiary/aromatic N) is 1. The number of halogens is 2. The van der Waals surface area contributed by atoms with Gasteiger partial charge in [-0.1, -0.05) is 119 Å². The van der Waals surface area contributed by atoms with Crippen molar-refractivity contribution in [1.82, 2.24) is 4.98 Å². The fourth-order valence-electron chi connectivity index (χ4n) is 3.22. The lowest BCUT2D eigenvalue weighted by Gasteiger charge is -2.19. The highest BCUT2D eigenvalue weighted by atomic mass is 79.9. The summed E-state index contributed by atoms with van der Waals surface area (Å²) in [5.74, 6) is 0.297. The minimum absolute atomic E-state index is 0.297. The second kappa shape index (κ2) is 13.5. The molecule has 1 heterocycles. The molecule has 1 amide bonds. The molecule has 0 bridgehead atoms. The first-order chi connectivity index (χ1) is 17.3. The molecule has 7 heteroatoms. The van der Waals surface area contributed by atoms with Crippen LogP contribution in [0.25, 0.3) is 0 Å². The van der Waals surface area contributed by atoms with Gasteiger partial charge in [0.1, 0.15) is 5.60 Å². The Morgan fingerprint density at radius 3 is 1.69 bits per heavy atom. The van der Waals surface area contributed by atoms with Gasteiger partial charge in [0, 0.05) is 11.5 Å². The number of aromatic nitrogens is 1. The van der Waals surface area contributed by atoms with E-state index in [1.165, 1.54) is 15.9 Å². The van der Waals surface area contributed by atoms with E-state index in [1.807, 2.05) is 0 Å². The number of amides is 1. The van der Waals surface area contributed by atoms with Crippen LogP contribution in [0.5, 0.6) is 0 Å². The highest BCUT2D eigenvalue weighted by Crippen LogP contribution is 2.32. The van der Waals surface area contributed by atoms with Crippen molar-refractivity contribution >= 4 is 63.3 Å². The number of benzene rings is 3. The Morgan fingerprint density at radius 2 is 1.33 bits per heavy atom. The first-order valence-electron chi connectivity index (χ1n) is 11.4. The van der Waals surface area contributed by atoms with E-state index >= 15 is 0 Å². The highest BCUT2D eigenvalue weighted by molar-refractivity contribution is 9.08. The lowest BCUT2D eigenvalue weighted by atomic mass is 10.2. The van der Waals surface area contributed by atoms with Gasteiger partial charge in [-0.3, -0.25) is 5.32 Å². The molecule has 0 aliphatic rings. The van der Waals surface area contributed by atoms with E-state index in [4.69, 9.17) is 16.3 Å². The molecule has 0 radical (unpaired) electrons. The summed E-state index contributed by atoms with van der Waals surface area (Å²) < 4.78 is 5.10. The van der Waals surface area contributed by atoms with E-state index in [-0.39, 0.29) is 0 Å². The van der Waals surface area contributed by atoms with Crippen LogP contribution in [-0.4, -0.2) is 16.7 Å². The largest absolute Gasteiger partial charge is 0.444 e. The van der Waals surface area contributed by atoms with Crippen LogP contribution in [0.1, 0.15) is 26.3 Å². The van der Waals surface area contributed by atoms with Crippen LogP contribution in [-0.2, 0) is 10.1 Å². The van der Waals surface area contributed by atoms with Crippen LogP contribution in [0, 0.1) is 0 Å². The van der Waals surface area contributed by atoms with Crippen LogP contribution in [0.15, 0.2) is 103 Å². The Balaban J connectivity index is 0.000000202. The zero-order chi connectivity index (χ0) is 26.0. The smallest absolute Gasteiger partial charge is 0.413 e. The molecule has 3 aromatic carbocycles. The van der Waals surface area contributed by atoms with Gasteiger partial charge in [-0.05, 0) is 56.2 Å². The average Bonchev–Trinajstić information content (AvgIpc) is 2.87. The molecule has 0 saturated heterocycles. The van der Waals surface area contributed by atoms with Crippen molar-refractivity contribution in [3.63, 3.8) is 0 Å². The third kappa shape index (κ3) is 8.74. The zero-order valence-corrected chi connectivity index (χ0v) is 23.7. The van der Waals surface area contributed by atoms with Gasteiger partial charge >= 0.3 is 6.09 Å². The maximum Gasteiger partial charge on any atom is 0.413 e. The monoisotopic (exact) mass is 582 g/mol. The van der Waals surface area contributed by atoms with E-state index < -0.39 is 19.6 Å². The first kappa shape index (κ1) is 27.9. The Morgan fingerprint density at radius 1 is 0.889 bits per heavy atom. The number of carbonyl (C=O) groups is 1. The number of ether oxygens (including phenoxy) is 1. The minimum atomic E-state index is -0.571. The third-order valence-electron chi connectivity index (χ3n) is 4.71. The molecule has 0 saturated carbocycles. The van der Waals surface area contributed by atoms with Crippen molar-refractivity contribution < 1.29 is 9.53 Å². The summed E-state index contributed by atoms with van der Waals surface area (Å²) in [6, 6.07) is 34.1. The normalized spacial score (nSPS) is 10.8. The number of pyridine rings is 1. The maximum atomic E-state index is 11.5. The summed E-state index contributed by atoms with van der Waals surface area (Å²) >= 11 is 9.27. The van der Waals surface area contributed by atoms with Crippen molar-refractivity contribution in [1.29, 1.82) is 0 Å². The van der Waals surface area contributed by atoms with E-state index in [1.54, 1.807) is 33.0 Å². The zero-order valence-electron chi connectivity index (χ0n) is 20.5. The van der Waals surface area contributed by atoms with Crippen LogP contribution in [0.3, 0.4) is 0 Å². The lowest BCUT2D eigenvalue weighted by molar-refractivity contribution is 0.0635. The summed E-state index contributed by atoms with van der Waals surface area (Å²) in [6.45, 7) is 5.36. The summed E-state index contributed by atoms with van der Waals surface area (Å²) in [6.07, 6.45) is 1.06. The number of carbonyl (C=O) groups excluding carboxylic acids is 1. The molecule has 186 valence electrons. The number of rotatable bonds is 5. The number of alkyl halides is 1. The van der Waals surface area contributed by atoms with Gasteiger partial charge < -0.3 is 4.74 Å². The predicted octanol–water partition coefficient (Wildman–Crippen LogP) is 7.42. The minimum Gasteiger partial charge on any atom is -0.444 e. The summed E-state index contributed by atoms with van der Waals surface area (Å²) in [5, 5.41) is 7.73. The number of hydrogen-bond donors (Lipinski definition) is 1. The van der Waals surface area contributed by atoms with Crippen molar-refractivity contribution in [2.24, 2.45) is 0 Å². The number of nitrogens with one attached hydrogen (secondary N) is 1. The van der Waals surface area contributed by atoms with Gasteiger partial charge in [-0.2, -0.15) is 0 Å². The number of anilines is 1. The molecule has 0 unspecified atom stereocenters. The fourth-order valence-corrected chi connectivity index (χ4v) is 6.07. The van der Waals surface area contributed by atoms with E-state index in [9.17, 15) is 4.79 Å². The molecule has 4 aromatic rings. The Bertz CT molecular complexity index is 1140. The van der Waals surface area contributed by atoms with Crippen LogP contribution in [0.4, 0.5) is 10.6 Å². The van der Waals surface area contributed by atoms with Crippen molar-refractivity contribution in [2.45, 2.75) is 31.7 Å². The second-order valence-electron chi connectivity index (χ2n) is 8.78. The molecule has 1 aromatic heterocycles. The molecule has 4 nitrogen and oxygen atoms in total.